The molecule has 0 saturated heterocycles. The lowest BCUT2D eigenvalue weighted by Crippen LogP contribution is -2.37. The standard InChI is InChI=1S/C23H27ClO3/c1-4-5-14-27-23(3,22(25)26)21-15(2)6-13-19(16-7-8-16)20(21)17-9-11-18(24)12-10-17/h6,9-13,16H,4-5,7-8,14H2,1-3H3,(H,25,26). The van der Waals surface area contributed by atoms with E-state index in [0.717, 1.165) is 47.9 Å². The summed E-state index contributed by atoms with van der Waals surface area (Å²) < 4.78 is 6.01. The van der Waals surface area contributed by atoms with Crippen LogP contribution in [-0.2, 0) is 15.1 Å². The average Bonchev–Trinajstić information content (AvgIpc) is 3.47. The third-order valence-electron chi connectivity index (χ3n) is 5.37. The van der Waals surface area contributed by atoms with Crippen LogP contribution < -0.4 is 0 Å². The Morgan fingerprint density at radius 3 is 2.44 bits per heavy atom. The maximum absolute atomic E-state index is 12.4. The van der Waals surface area contributed by atoms with Crippen LogP contribution in [0.25, 0.3) is 11.1 Å². The van der Waals surface area contributed by atoms with Gasteiger partial charge in [0, 0.05) is 17.2 Å². The molecular formula is C23H27ClO3. The molecule has 1 saturated carbocycles. The summed E-state index contributed by atoms with van der Waals surface area (Å²) in [5, 5.41) is 10.8. The predicted octanol–water partition coefficient (Wildman–Crippen LogP) is 6.31. The minimum Gasteiger partial charge on any atom is -0.479 e. The Morgan fingerprint density at radius 1 is 1.22 bits per heavy atom. The zero-order valence-corrected chi connectivity index (χ0v) is 17.0. The van der Waals surface area contributed by atoms with Crippen LogP contribution in [0.4, 0.5) is 0 Å². The van der Waals surface area contributed by atoms with Gasteiger partial charge < -0.3 is 9.84 Å². The van der Waals surface area contributed by atoms with Gasteiger partial charge in [0.15, 0.2) is 5.60 Å². The van der Waals surface area contributed by atoms with Crippen LogP contribution in [0.5, 0.6) is 0 Å². The number of carboxylic acids is 1. The molecule has 1 fully saturated rings. The minimum absolute atomic E-state index is 0.423. The van der Waals surface area contributed by atoms with Crippen molar-refractivity contribution < 1.29 is 14.6 Å². The first-order valence-electron chi connectivity index (χ1n) is 9.65. The van der Waals surface area contributed by atoms with Crippen LogP contribution in [-0.4, -0.2) is 17.7 Å². The number of ether oxygens (including phenoxy) is 1. The highest BCUT2D eigenvalue weighted by Gasteiger charge is 2.41. The van der Waals surface area contributed by atoms with E-state index in [2.05, 4.69) is 13.0 Å². The molecule has 0 spiro atoms. The molecule has 3 nitrogen and oxygen atoms in total. The van der Waals surface area contributed by atoms with Gasteiger partial charge in [-0.05, 0) is 73.4 Å². The number of carboxylic acid groups (broad SMARTS) is 1. The number of rotatable bonds is 8. The zero-order valence-electron chi connectivity index (χ0n) is 16.2. The fourth-order valence-corrected chi connectivity index (χ4v) is 3.79. The van der Waals surface area contributed by atoms with E-state index in [1.807, 2.05) is 37.3 Å². The smallest absolute Gasteiger partial charge is 0.340 e. The largest absolute Gasteiger partial charge is 0.479 e. The van der Waals surface area contributed by atoms with E-state index in [1.165, 1.54) is 5.56 Å². The number of unbranched alkanes of at least 4 members (excludes halogenated alkanes) is 1. The summed E-state index contributed by atoms with van der Waals surface area (Å²) in [5.74, 6) is -0.464. The Hall–Kier alpha value is -1.84. The highest BCUT2D eigenvalue weighted by atomic mass is 35.5. The number of aryl methyl sites for hydroxylation is 1. The van der Waals surface area contributed by atoms with Crippen molar-refractivity contribution in [3.8, 4) is 11.1 Å². The molecule has 0 amide bonds. The van der Waals surface area contributed by atoms with Crippen LogP contribution in [0.15, 0.2) is 36.4 Å². The molecule has 0 bridgehead atoms. The Morgan fingerprint density at radius 2 is 1.89 bits per heavy atom. The first kappa shape index (κ1) is 19.9. The third-order valence-corrected chi connectivity index (χ3v) is 5.62. The van der Waals surface area contributed by atoms with E-state index in [-0.39, 0.29) is 0 Å². The summed E-state index contributed by atoms with van der Waals surface area (Å²) >= 11 is 6.09. The molecule has 1 atom stereocenters. The first-order valence-corrected chi connectivity index (χ1v) is 10.0. The molecule has 2 aromatic carbocycles. The average molecular weight is 387 g/mol. The summed E-state index contributed by atoms with van der Waals surface area (Å²) in [6.07, 6.45) is 4.08. The van der Waals surface area contributed by atoms with E-state index >= 15 is 0 Å². The van der Waals surface area contributed by atoms with Crippen molar-refractivity contribution in [3.63, 3.8) is 0 Å². The number of benzene rings is 2. The topological polar surface area (TPSA) is 46.5 Å². The van der Waals surface area contributed by atoms with Crippen LogP contribution in [0.3, 0.4) is 0 Å². The molecule has 4 heteroatoms. The zero-order chi connectivity index (χ0) is 19.6. The lowest BCUT2D eigenvalue weighted by molar-refractivity contribution is -0.165. The first-order chi connectivity index (χ1) is 12.9. The van der Waals surface area contributed by atoms with Gasteiger partial charge in [-0.2, -0.15) is 0 Å². The molecule has 2 aromatic rings. The van der Waals surface area contributed by atoms with Crippen molar-refractivity contribution in [2.45, 2.75) is 58.0 Å². The Bertz CT molecular complexity index is 824. The van der Waals surface area contributed by atoms with Gasteiger partial charge >= 0.3 is 5.97 Å². The molecule has 0 radical (unpaired) electrons. The van der Waals surface area contributed by atoms with Gasteiger partial charge in [0.25, 0.3) is 0 Å². The third kappa shape index (κ3) is 4.04. The van der Waals surface area contributed by atoms with Gasteiger partial charge in [-0.25, -0.2) is 4.79 Å². The van der Waals surface area contributed by atoms with Gasteiger partial charge in [0.2, 0.25) is 0 Å². The van der Waals surface area contributed by atoms with E-state index < -0.39 is 11.6 Å². The van der Waals surface area contributed by atoms with Gasteiger partial charge in [-0.15, -0.1) is 0 Å². The number of carbonyl (C=O) groups is 1. The fraction of sp³-hybridized carbons (Fsp3) is 0.435. The second kappa shape index (κ2) is 8.04. The highest BCUT2D eigenvalue weighted by molar-refractivity contribution is 6.30. The maximum Gasteiger partial charge on any atom is 0.340 e. The molecule has 3 rings (SSSR count). The lowest BCUT2D eigenvalue weighted by atomic mass is 9.81. The van der Waals surface area contributed by atoms with Gasteiger partial charge in [-0.3, -0.25) is 0 Å². The fourth-order valence-electron chi connectivity index (χ4n) is 3.66. The normalized spacial score (nSPS) is 16.1. The van der Waals surface area contributed by atoms with E-state index in [4.69, 9.17) is 16.3 Å². The van der Waals surface area contributed by atoms with E-state index in [9.17, 15) is 9.90 Å². The molecule has 1 unspecified atom stereocenters. The molecule has 0 heterocycles. The minimum atomic E-state index is -1.39. The maximum atomic E-state index is 12.4. The number of hydrogen-bond donors (Lipinski definition) is 1. The van der Waals surface area contributed by atoms with Crippen LogP contribution in [0.2, 0.25) is 5.02 Å². The molecule has 1 aliphatic carbocycles. The van der Waals surface area contributed by atoms with Crippen molar-refractivity contribution in [1.82, 2.24) is 0 Å². The van der Waals surface area contributed by atoms with Crippen molar-refractivity contribution in [3.05, 3.63) is 58.1 Å². The van der Waals surface area contributed by atoms with Crippen molar-refractivity contribution in [1.29, 1.82) is 0 Å². The Kier molecular flexibility index (Phi) is 5.92. The Balaban J connectivity index is 2.22. The quantitative estimate of drug-likeness (QED) is 0.540. The summed E-state index contributed by atoms with van der Waals surface area (Å²) in [4.78, 5) is 12.4. The van der Waals surface area contributed by atoms with E-state index in [0.29, 0.717) is 17.5 Å². The molecule has 1 N–H and O–H groups in total. The molecule has 0 aromatic heterocycles. The predicted molar refractivity (Wildman–Crippen MR) is 109 cm³/mol. The molecule has 27 heavy (non-hydrogen) atoms. The SMILES string of the molecule is CCCCOC(C)(C(=O)O)c1c(C)ccc(C2CC2)c1-c1ccc(Cl)cc1. The van der Waals surface area contributed by atoms with Crippen molar-refractivity contribution in [2.75, 3.05) is 6.61 Å². The van der Waals surface area contributed by atoms with Crippen LogP contribution in [0, 0.1) is 6.92 Å². The van der Waals surface area contributed by atoms with Crippen LogP contribution >= 0.6 is 11.6 Å². The lowest BCUT2D eigenvalue weighted by Gasteiger charge is -2.31. The number of halogens is 1. The number of aliphatic carboxylic acids is 1. The van der Waals surface area contributed by atoms with Crippen LogP contribution in [0.1, 0.15) is 62.1 Å². The second-order valence-corrected chi connectivity index (χ2v) is 7.98. The summed E-state index contributed by atoms with van der Waals surface area (Å²) in [7, 11) is 0. The van der Waals surface area contributed by atoms with E-state index in [1.54, 1.807) is 6.92 Å². The molecular weight excluding hydrogens is 360 g/mol. The van der Waals surface area contributed by atoms with Gasteiger partial charge in [0.05, 0.1) is 0 Å². The highest BCUT2D eigenvalue weighted by Crippen LogP contribution is 2.48. The number of hydrogen-bond acceptors (Lipinski definition) is 2. The summed E-state index contributed by atoms with van der Waals surface area (Å²) in [6, 6.07) is 11.8. The van der Waals surface area contributed by atoms with Crippen molar-refractivity contribution >= 4 is 17.6 Å². The summed E-state index contributed by atoms with van der Waals surface area (Å²) in [5.41, 5.74) is 3.51. The monoisotopic (exact) mass is 386 g/mol. The van der Waals surface area contributed by atoms with Gasteiger partial charge in [-0.1, -0.05) is 49.2 Å². The van der Waals surface area contributed by atoms with Crippen molar-refractivity contribution in [2.24, 2.45) is 0 Å². The summed E-state index contributed by atoms with van der Waals surface area (Å²) in [6.45, 7) is 6.14. The van der Waals surface area contributed by atoms with Gasteiger partial charge in [0.1, 0.15) is 0 Å². The second-order valence-electron chi connectivity index (χ2n) is 7.54. The molecule has 1 aliphatic rings. The molecule has 0 aliphatic heterocycles. The molecule has 144 valence electrons. The Labute approximate surface area is 166 Å².